The standard InChI is InChI=1S/C29H26ClF3N4O3/c1-17-11-21(16-34-15-17)36-24(9-10-25(36)38)28(40)37(20-6-4-5-18(31)12-20)26(22-7-2-3-8-23(22)30)27(39)35-19-13-29(32,33)14-19/h2-8,11-12,15-16,19,24,26H,9-10,13-14H2,1H3,(H,35,39)/t24-,26-/m0/s1. The number of nitrogens with one attached hydrogen (secondary N) is 1. The van der Waals surface area contributed by atoms with Crippen molar-refractivity contribution in [2.75, 3.05) is 9.80 Å². The minimum atomic E-state index is -2.89. The Kier molecular flexibility index (Phi) is 7.55. The summed E-state index contributed by atoms with van der Waals surface area (Å²) >= 11 is 6.50. The van der Waals surface area contributed by atoms with Crippen LogP contribution >= 0.6 is 11.6 Å². The van der Waals surface area contributed by atoms with E-state index in [9.17, 15) is 27.6 Å². The SMILES string of the molecule is Cc1cncc(N2C(=O)CC[C@H]2C(=O)N(c2cccc(F)c2)[C@H](C(=O)NC2CC(F)(F)C2)c2ccccc2Cl)c1. The van der Waals surface area contributed by atoms with Crippen molar-refractivity contribution in [3.63, 3.8) is 0 Å². The molecule has 1 aromatic heterocycles. The molecule has 2 aliphatic rings. The van der Waals surface area contributed by atoms with Gasteiger partial charge in [-0.25, -0.2) is 13.2 Å². The summed E-state index contributed by atoms with van der Waals surface area (Å²) in [7, 11) is 0. The molecule has 5 rings (SSSR count). The van der Waals surface area contributed by atoms with Crippen LogP contribution in [0.15, 0.2) is 67.0 Å². The van der Waals surface area contributed by atoms with Crippen LogP contribution in [0.3, 0.4) is 0 Å². The number of amides is 3. The number of hydrogen-bond acceptors (Lipinski definition) is 4. The van der Waals surface area contributed by atoms with E-state index < -0.39 is 54.5 Å². The highest BCUT2D eigenvalue weighted by molar-refractivity contribution is 6.31. The van der Waals surface area contributed by atoms with Crippen molar-refractivity contribution in [1.82, 2.24) is 10.3 Å². The molecule has 1 saturated heterocycles. The molecule has 11 heteroatoms. The van der Waals surface area contributed by atoms with Gasteiger partial charge >= 0.3 is 0 Å². The lowest BCUT2D eigenvalue weighted by atomic mass is 9.87. The molecule has 3 aromatic rings. The van der Waals surface area contributed by atoms with Crippen molar-refractivity contribution in [2.24, 2.45) is 0 Å². The molecule has 1 aliphatic carbocycles. The Hall–Kier alpha value is -3.92. The van der Waals surface area contributed by atoms with Gasteiger partial charge in [0.05, 0.1) is 11.9 Å². The molecule has 0 spiro atoms. The highest BCUT2D eigenvalue weighted by Crippen LogP contribution is 2.40. The zero-order valence-electron chi connectivity index (χ0n) is 21.5. The summed E-state index contributed by atoms with van der Waals surface area (Å²) in [5.74, 6) is -5.26. The van der Waals surface area contributed by atoms with E-state index in [-0.39, 0.29) is 35.0 Å². The second-order valence-corrected chi connectivity index (χ2v) is 10.5. The third-order valence-electron chi connectivity index (χ3n) is 7.10. The molecule has 7 nitrogen and oxygen atoms in total. The van der Waals surface area contributed by atoms with Crippen LogP contribution in [-0.4, -0.2) is 40.7 Å². The summed E-state index contributed by atoms with van der Waals surface area (Å²) in [5, 5.41) is 2.76. The first-order chi connectivity index (χ1) is 19.0. The molecule has 0 bridgehead atoms. The summed E-state index contributed by atoms with van der Waals surface area (Å²) in [5.41, 5.74) is 1.45. The van der Waals surface area contributed by atoms with Crippen molar-refractivity contribution in [3.05, 3.63) is 89.0 Å². The zero-order chi connectivity index (χ0) is 28.6. The molecule has 3 amide bonds. The highest BCUT2D eigenvalue weighted by atomic mass is 35.5. The smallest absolute Gasteiger partial charge is 0.252 e. The first kappa shape index (κ1) is 27.6. The van der Waals surface area contributed by atoms with Gasteiger partial charge in [0.25, 0.3) is 11.8 Å². The third kappa shape index (κ3) is 5.54. The molecule has 0 unspecified atom stereocenters. The average molecular weight is 571 g/mol. The van der Waals surface area contributed by atoms with Crippen molar-refractivity contribution in [1.29, 1.82) is 0 Å². The minimum absolute atomic E-state index is 0.0469. The van der Waals surface area contributed by atoms with Crippen LogP contribution in [0.2, 0.25) is 5.02 Å². The summed E-state index contributed by atoms with van der Waals surface area (Å²) < 4.78 is 41.7. The molecule has 208 valence electrons. The van der Waals surface area contributed by atoms with Crippen molar-refractivity contribution >= 4 is 40.7 Å². The highest BCUT2D eigenvalue weighted by Gasteiger charge is 2.48. The predicted octanol–water partition coefficient (Wildman–Crippen LogP) is 5.37. The molecule has 2 heterocycles. The summed E-state index contributed by atoms with van der Waals surface area (Å²) in [6.45, 7) is 1.80. The zero-order valence-corrected chi connectivity index (χ0v) is 22.2. The lowest BCUT2D eigenvalue weighted by molar-refractivity contribution is -0.133. The maximum absolute atomic E-state index is 14.5. The Morgan fingerprint density at radius 1 is 1.12 bits per heavy atom. The molecule has 2 fully saturated rings. The first-order valence-corrected chi connectivity index (χ1v) is 13.2. The Labute approximate surface area is 233 Å². The van der Waals surface area contributed by atoms with E-state index in [1.54, 1.807) is 37.4 Å². The number of aromatic nitrogens is 1. The van der Waals surface area contributed by atoms with Gasteiger partial charge in [-0.05, 0) is 49.2 Å². The molecule has 1 aliphatic heterocycles. The van der Waals surface area contributed by atoms with Crippen LogP contribution in [0.5, 0.6) is 0 Å². The monoisotopic (exact) mass is 570 g/mol. The van der Waals surface area contributed by atoms with Gasteiger partial charge in [-0.2, -0.15) is 0 Å². The van der Waals surface area contributed by atoms with E-state index in [4.69, 9.17) is 11.6 Å². The van der Waals surface area contributed by atoms with Gasteiger partial charge in [-0.1, -0.05) is 35.9 Å². The Balaban J connectivity index is 1.60. The van der Waals surface area contributed by atoms with E-state index in [0.29, 0.717) is 5.69 Å². The Bertz CT molecular complexity index is 1460. The van der Waals surface area contributed by atoms with Gasteiger partial charge in [0, 0.05) is 47.8 Å². The Morgan fingerprint density at radius 3 is 2.55 bits per heavy atom. The quantitative estimate of drug-likeness (QED) is 0.414. The fourth-order valence-electron chi connectivity index (χ4n) is 5.24. The number of nitrogens with zero attached hydrogens (tertiary/aromatic N) is 3. The number of carbonyl (C=O) groups excluding carboxylic acids is 3. The van der Waals surface area contributed by atoms with Gasteiger partial charge in [0.1, 0.15) is 17.9 Å². The van der Waals surface area contributed by atoms with Gasteiger partial charge < -0.3 is 5.32 Å². The number of halogens is 4. The number of alkyl halides is 2. The van der Waals surface area contributed by atoms with Crippen molar-refractivity contribution in [3.8, 4) is 0 Å². The number of aryl methyl sites for hydroxylation is 1. The maximum Gasteiger partial charge on any atom is 0.252 e. The molecule has 1 N–H and O–H groups in total. The van der Waals surface area contributed by atoms with Gasteiger partial charge in [0.2, 0.25) is 11.8 Å². The van der Waals surface area contributed by atoms with Crippen LogP contribution in [0.1, 0.15) is 42.9 Å². The van der Waals surface area contributed by atoms with Crippen LogP contribution in [0.4, 0.5) is 24.5 Å². The van der Waals surface area contributed by atoms with E-state index in [1.165, 1.54) is 35.4 Å². The molecule has 40 heavy (non-hydrogen) atoms. The fraction of sp³-hybridized carbons (Fsp3) is 0.310. The number of anilines is 2. The Morgan fingerprint density at radius 2 is 1.88 bits per heavy atom. The number of hydrogen-bond donors (Lipinski definition) is 1. The molecular formula is C29H26ClF3N4O3. The van der Waals surface area contributed by atoms with E-state index in [1.807, 2.05) is 0 Å². The summed E-state index contributed by atoms with van der Waals surface area (Å²) in [4.78, 5) is 47.8. The van der Waals surface area contributed by atoms with Gasteiger partial charge in [0.15, 0.2) is 0 Å². The lowest BCUT2D eigenvalue weighted by Gasteiger charge is -2.39. The van der Waals surface area contributed by atoms with Crippen molar-refractivity contribution in [2.45, 2.75) is 56.7 Å². The summed E-state index contributed by atoms with van der Waals surface area (Å²) in [6.07, 6.45) is 2.23. The van der Waals surface area contributed by atoms with Crippen LogP contribution < -0.4 is 15.1 Å². The lowest BCUT2D eigenvalue weighted by Crippen LogP contribution is -2.56. The predicted molar refractivity (Wildman–Crippen MR) is 144 cm³/mol. The van der Waals surface area contributed by atoms with E-state index in [0.717, 1.165) is 16.5 Å². The third-order valence-corrected chi connectivity index (χ3v) is 7.45. The van der Waals surface area contributed by atoms with Gasteiger partial charge in [-0.3, -0.25) is 29.2 Å². The molecule has 2 atom stereocenters. The summed E-state index contributed by atoms with van der Waals surface area (Å²) in [6, 6.07) is 9.93. The molecule has 0 radical (unpaired) electrons. The largest absolute Gasteiger partial charge is 0.351 e. The number of pyridine rings is 1. The van der Waals surface area contributed by atoms with E-state index in [2.05, 4.69) is 10.3 Å². The van der Waals surface area contributed by atoms with Crippen molar-refractivity contribution < 1.29 is 27.6 Å². The fourth-order valence-corrected chi connectivity index (χ4v) is 5.48. The van der Waals surface area contributed by atoms with E-state index >= 15 is 0 Å². The first-order valence-electron chi connectivity index (χ1n) is 12.8. The second kappa shape index (κ2) is 10.9. The minimum Gasteiger partial charge on any atom is -0.351 e. The topological polar surface area (TPSA) is 82.6 Å². The molecule has 2 aromatic carbocycles. The van der Waals surface area contributed by atoms with Gasteiger partial charge in [-0.15, -0.1) is 0 Å². The number of benzene rings is 2. The van der Waals surface area contributed by atoms with Crippen LogP contribution in [0, 0.1) is 12.7 Å². The number of rotatable bonds is 7. The molecule has 1 saturated carbocycles. The van der Waals surface area contributed by atoms with Crippen LogP contribution in [-0.2, 0) is 14.4 Å². The maximum atomic E-state index is 14.5. The molecular weight excluding hydrogens is 545 g/mol. The normalized spacial score (nSPS) is 19.2. The second-order valence-electron chi connectivity index (χ2n) is 10.1. The average Bonchev–Trinajstić information content (AvgIpc) is 3.27. The number of carbonyl (C=O) groups is 3. The van der Waals surface area contributed by atoms with Crippen LogP contribution in [0.25, 0.3) is 0 Å².